The molecule has 0 saturated carbocycles. The molecule has 1 amide bonds. The number of aromatic nitrogens is 2. The number of nitriles is 1. The summed E-state index contributed by atoms with van der Waals surface area (Å²) in [6.07, 6.45) is 0.264. The maximum Gasteiger partial charge on any atom is 0.348 e. The van der Waals surface area contributed by atoms with Crippen molar-refractivity contribution in [3.8, 4) is 6.07 Å². The predicted molar refractivity (Wildman–Crippen MR) is 98.3 cm³/mol. The van der Waals surface area contributed by atoms with Crippen LogP contribution in [0.2, 0.25) is 0 Å². The molecule has 10 heteroatoms. The lowest BCUT2D eigenvalue weighted by Crippen LogP contribution is -2.12. The second-order valence-corrected chi connectivity index (χ2v) is 8.37. The van der Waals surface area contributed by atoms with E-state index in [1.54, 1.807) is 13.8 Å². The molecular weight excluding hydrogens is 380 g/mol. The minimum absolute atomic E-state index is 0.220. The number of aryl methyl sites for hydroxylation is 1. The number of carbonyl (C=O) groups excluding carboxylic acids is 2. The third kappa shape index (κ3) is 5.01. The molecule has 0 aliphatic rings. The topological polar surface area (TPSA) is 105 Å². The summed E-state index contributed by atoms with van der Waals surface area (Å²) in [5.74, 6) is -0.150. The highest BCUT2D eigenvalue weighted by Gasteiger charge is 2.22. The molecule has 1 N–H and O–H groups in total. The molecule has 7 nitrogen and oxygen atoms in total. The van der Waals surface area contributed by atoms with E-state index in [2.05, 4.69) is 15.5 Å². The summed E-state index contributed by atoms with van der Waals surface area (Å²) in [5.41, 5.74) is 0.828. The van der Waals surface area contributed by atoms with E-state index < -0.39 is 5.97 Å². The predicted octanol–water partition coefficient (Wildman–Crippen LogP) is 3.39. The van der Waals surface area contributed by atoms with Crippen LogP contribution in [0.25, 0.3) is 0 Å². The van der Waals surface area contributed by atoms with Crippen LogP contribution < -0.4 is 5.32 Å². The number of rotatable bonds is 7. The first-order valence-corrected chi connectivity index (χ1v) is 10.0. The van der Waals surface area contributed by atoms with E-state index in [9.17, 15) is 14.9 Å². The van der Waals surface area contributed by atoms with Gasteiger partial charge in [-0.2, -0.15) is 5.26 Å². The van der Waals surface area contributed by atoms with Gasteiger partial charge in [0.2, 0.25) is 5.91 Å². The Bertz CT molecular complexity index is 823. The van der Waals surface area contributed by atoms with Gasteiger partial charge in [-0.1, -0.05) is 23.1 Å². The van der Waals surface area contributed by atoms with Gasteiger partial charge in [0.25, 0.3) is 0 Å². The molecule has 0 unspecified atom stereocenters. The summed E-state index contributed by atoms with van der Waals surface area (Å²) >= 11 is 4.00. The Kier molecular flexibility index (Phi) is 6.92. The number of nitrogens with zero attached hydrogens (tertiary/aromatic N) is 3. The van der Waals surface area contributed by atoms with Crippen LogP contribution in [0, 0.1) is 25.2 Å². The monoisotopic (exact) mass is 396 g/mol. The van der Waals surface area contributed by atoms with Crippen molar-refractivity contribution in [1.82, 2.24) is 10.2 Å². The second kappa shape index (κ2) is 8.94. The number of hydrogen-bond donors (Lipinski definition) is 1. The minimum atomic E-state index is -0.482. The third-order valence-corrected chi connectivity index (χ3v) is 6.20. The van der Waals surface area contributed by atoms with Gasteiger partial charge in [0.15, 0.2) is 4.34 Å². The number of thiophene rings is 1. The molecular formula is C15H16N4O3S3. The Balaban J connectivity index is 1.98. The average molecular weight is 397 g/mol. The van der Waals surface area contributed by atoms with E-state index in [0.717, 1.165) is 20.7 Å². The van der Waals surface area contributed by atoms with Crippen molar-refractivity contribution in [2.75, 3.05) is 17.7 Å². The van der Waals surface area contributed by atoms with Crippen LogP contribution in [0.3, 0.4) is 0 Å². The fourth-order valence-electron chi connectivity index (χ4n) is 1.88. The standard InChI is InChI=1S/C15H16N4O3S3/c1-4-22-14(21)12-8(2)10(7-16)13(25-12)17-11(20)5-6-23-15-19-18-9(3)24-15/h4-6H2,1-3H3,(H,17,20). The molecule has 0 saturated heterocycles. The average Bonchev–Trinajstić information content (AvgIpc) is 3.11. The molecule has 0 radical (unpaired) electrons. The first kappa shape index (κ1) is 19.4. The van der Waals surface area contributed by atoms with Crippen LogP contribution in [-0.2, 0) is 9.53 Å². The Morgan fingerprint density at radius 3 is 2.68 bits per heavy atom. The lowest BCUT2D eigenvalue weighted by atomic mass is 10.2. The van der Waals surface area contributed by atoms with E-state index in [1.807, 2.05) is 13.0 Å². The molecule has 25 heavy (non-hydrogen) atoms. The largest absolute Gasteiger partial charge is 0.462 e. The summed E-state index contributed by atoms with van der Waals surface area (Å²) in [4.78, 5) is 24.4. The van der Waals surface area contributed by atoms with E-state index in [-0.39, 0.29) is 18.9 Å². The lowest BCUT2D eigenvalue weighted by Gasteiger charge is -2.02. The number of ether oxygens (including phenoxy) is 1. The summed E-state index contributed by atoms with van der Waals surface area (Å²) < 4.78 is 5.80. The molecule has 2 rings (SSSR count). The lowest BCUT2D eigenvalue weighted by molar-refractivity contribution is -0.115. The quantitative estimate of drug-likeness (QED) is 0.565. The fraction of sp³-hybridized carbons (Fsp3) is 0.400. The van der Waals surface area contributed by atoms with Crippen molar-refractivity contribution >= 4 is 51.3 Å². The number of carbonyl (C=O) groups is 2. The molecule has 2 heterocycles. The first-order valence-electron chi connectivity index (χ1n) is 7.39. The molecule has 2 aromatic heterocycles. The van der Waals surface area contributed by atoms with Gasteiger partial charge in [-0.3, -0.25) is 4.79 Å². The maximum atomic E-state index is 12.1. The molecule has 0 aromatic carbocycles. The van der Waals surface area contributed by atoms with Crippen molar-refractivity contribution < 1.29 is 14.3 Å². The van der Waals surface area contributed by atoms with Crippen LogP contribution in [0.5, 0.6) is 0 Å². The highest BCUT2D eigenvalue weighted by atomic mass is 32.2. The van der Waals surface area contributed by atoms with Gasteiger partial charge in [0.1, 0.15) is 21.0 Å². The zero-order valence-corrected chi connectivity index (χ0v) is 16.4. The second-order valence-electron chi connectivity index (χ2n) is 4.83. The number of nitrogens with one attached hydrogen (secondary N) is 1. The third-order valence-electron chi connectivity index (χ3n) is 3.03. The van der Waals surface area contributed by atoms with E-state index in [0.29, 0.717) is 26.8 Å². The molecule has 0 spiro atoms. The SMILES string of the molecule is CCOC(=O)c1sc(NC(=O)CCSc2nnc(C)s2)c(C#N)c1C. The smallest absolute Gasteiger partial charge is 0.348 e. The van der Waals surface area contributed by atoms with E-state index >= 15 is 0 Å². The number of esters is 1. The van der Waals surface area contributed by atoms with Gasteiger partial charge in [-0.25, -0.2) is 4.79 Å². The molecule has 0 bridgehead atoms. The van der Waals surface area contributed by atoms with Crippen LogP contribution in [0.15, 0.2) is 4.34 Å². The Labute approximate surface area is 157 Å². The van der Waals surface area contributed by atoms with Gasteiger partial charge >= 0.3 is 5.97 Å². The molecule has 0 fully saturated rings. The van der Waals surface area contributed by atoms with Crippen molar-refractivity contribution in [2.45, 2.75) is 31.5 Å². The first-order chi connectivity index (χ1) is 12.0. The van der Waals surface area contributed by atoms with Gasteiger partial charge in [0.05, 0.1) is 12.2 Å². The summed E-state index contributed by atoms with van der Waals surface area (Å²) in [5, 5.41) is 21.2. The number of thioether (sulfide) groups is 1. The fourth-order valence-corrected chi connectivity index (χ4v) is 4.78. The highest BCUT2D eigenvalue weighted by molar-refractivity contribution is 8.01. The Morgan fingerprint density at radius 1 is 1.32 bits per heavy atom. The highest BCUT2D eigenvalue weighted by Crippen LogP contribution is 2.33. The molecule has 2 aromatic rings. The number of anilines is 1. The van der Waals surface area contributed by atoms with Crippen molar-refractivity contribution in [2.24, 2.45) is 0 Å². The molecule has 0 aliphatic carbocycles. The van der Waals surface area contributed by atoms with E-state index in [1.165, 1.54) is 23.1 Å². The summed E-state index contributed by atoms with van der Waals surface area (Å²) in [6, 6.07) is 2.04. The summed E-state index contributed by atoms with van der Waals surface area (Å²) in [6.45, 7) is 5.51. The van der Waals surface area contributed by atoms with Gasteiger partial charge < -0.3 is 10.1 Å². The zero-order valence-electron chi connectivity index (χ0n) is 13.9. The van der Waals surface area contributed by atoms with Gasteiger partial charge in [-0.15, -0.1) is 21.5 Å². The van der Waals surface area contributed by atoms with Crippen LogP contribution in [0.1, 0.15) is 39.2 Å². The maximum absolute atomic E-state index is 12.1. The molecule has 0 atom stereocenters. The molecule has 0 aliphatic heterocycles. The van der Waals surface area contributed by atoms with Crippen LogP contribution >= 0.6 is 34.4 Å². The molecule has 132 valence electrons. The van der Waals surface area contributed by atoms with Crippen LogP contribution in [-0.4, -0.2) is 34.4 Å². The zero-order chi connectivity index (χ0) is 18.4. The van der Waals surface area contributed by atoms with E-state index in [4.69, 9.17) is 4.74 Å². The Hall–Kier alpha value is -1.96. The number of amides is 1. The minimum Gasteiger partial charge on any atom is -0.462 e. The van der Waals surface area contributed by atoms with Gasteiger partial charge in [-0.05, 0) is 26.3 Å². The van der Waals surface area contributed by atoms with Crippen molar-refractivity contribution in [3.05, 3.63) is 21.0 Å². The number of hydrogen-bond acceptors (Lipinski definition) is 9. The summed E-state index contributed by atoms with van der Waals surface area (Å²) in [7, 11) is 0. The normalized spacial score (nSPS) is 10.3. The van der Waals surface area contributed by atoms with Crippen LogP contribution in [0.4, 0.5) is 5.00 Å². The van der Waals surface area contributed by atoms with Crippen molar-refractivity contribution in [1.29, 1.82) is 5.26 Å². The Morgan fingerprint density at radius 2 is 2.08 bits per heavy atom. The van der Waals surface area contributed by atoms with Crippen molar-refractivity contribution in [3.63, 3.8) is 0 Å². The van der Waals surface area contributed by atoms with Gasteiger partial charge in [0, 0.05) is 12.2 Å².